The maximum atomic E-state index is 9.08. The minimum atomic E-state index is 0.341. The van der Waals surface area contributed by atoms with Gasteiger partial charge in [0.05, 0.1) is 30.3 Å². The molecule has 0 aliphatic carbocycles. The summed E-state index contributed by atoms with van der Waals surface area (Å²) < 4.78 is 7.55. The summed E-state index contributed by atoms with van der Waals surface area (Å²) in [7, 11) is 0. The number of imidazole rings is 1. The Morgan fingerprint density at radius 3 is 2.86 bits per heavy atom. The van der Waals surface area contributed by atoms with Gasteiger partial charge in [-0.2, -0.15) is 5.26 Å². The molecule has 5 nitrogen and oxygen atoms in total. The first kappa shape index (κ1) is 13.9. The van der Waals surface area contributed by atoms with E-state index in [4.69, 9.17) is 15.0 Å². The Kier molecular flexibility index (Phi) is 4.07. The molecule has 1 fully saturated rings. The Hall–Kier alpha value is -2.06. The maximum absolute atomic E-state index is 9.08. The van der Waals surface area contributed by atoms with Crippen LogP contribution in [0.15, 0.2) is 18.2 Å². The van der Waals surface area contributed by atoms with Crippen molar-refractivity contribution in [1.29, 1.82) is 5.26 Å². The number of nitrogens with zero attached hydrogens (tertiary/aromatic N) is 4. The molecule has 1 aliphatic rings. The number of hydrogen-bond donors (Lipinski definition) is 0. The molecule has 2 aromatic rings. The Morgan fingerprint density at radius 1 is 1.33 bits per heavy atom. The summed E-state index contributed by atoms with van der Waals surface area (Å²) in [6.07, 6.45) is 2.51. The van der Waals surface area contributed by atoms with Crippen LogP contribution in [0.3, 0.4) is 0 Å². The number of hydrogen-bond acceptors (Lipinski definition) is 4. The molecule has 0 N–H and O–H groups in total. The molecule has 110 valence electrons. The van der Waals surface area contributed by atoms with Crippen molar-refractivity contribution in [2.24, 2.45) is 0 Å². The number of aromatic nitrogens is 2. The molecule has 3 rings (SSSR count). The third kappa shape index (κ3) is 2.86. The highest BCUT2D eigenvalue weighted by Gasteiger charge is 2.17. The van der Waals surface area contributed by atoms with Crippen molar-refractivity contribution in [3.8, 4) is 11.8 Å². The summed E-state index contributed by atoms with van der Waals surface area (Å²) in [6, 6.07) is 8.14. The van der Waals surface area contributed by atoms with Crippen LogP contribution in [0.4, 0.5) is 0 Å². The molecule has 0 unspecified atom stereocenters. The van der Waals surface area contributed by atoms with Crippen LogP contribution in [0.1, 0.15) is 25.6 Å². The molecule has 0 spiro atoms. The molecule has 5 heteroatoms. The van der Waals surface area contributed by atoms with Gasteiger partial charge in [0.2, 0.25) is 0 Å². The van der Waals surface area contributed by atoms with Gasteiger partial charge in [-0.1, -0.05) is 0 Å². The molecule has 0 amide bonds. The maximum Gasteiger partial charge on any atom is 0.125 e. The number of likely N-dealkylation sites (tertiary alicyclic amines) is 1. The quantitative estimate of drug-likeness (QED) is 0.846. The molecule has 1 aromatic heterocycles. The summed E-state index contributed by atoms with van der Waals surface area (Å²) in [5, 5.41) is 9.08. The summed E-state index contributed by atoms with van der Waals surface area (Å²) in [6.45, 7) is 6.02. The topological polar surface area (TPSA) is 54.1 Å². The zero-order valence-corrected chi connectivity index (χ0v) is 12.4. The van der Waals surface area contributed by atoms with Gasteiger partial charge in [0.1, 0.15) is 18.1 Å². The highest BCUT2D eigenvalue weighted by molar-refractivity contribution is 5.78. The Bertz CT molecular complexity index is 665. The number of ether oxygens (including phenoxy) is 1. The number of fused-ring (bicyclic) bond motifs is 1. The minimum absolute atomic E-state index is 0.341. The van der Waals surface area contributed by atoms with E-state index in [9.17, 15) is 0 Å². The molecule has 0 saturated carbocycles. The minimum Gasteiger partial charge on any atom is -0.494 e. The molecule has 1 saturated heterocycles. The van der Waals surface area contributed by atoms with E-state index in [1.807, 2.05) is 29.7 Å². The van der Waals surface area contributed by atoms with E-state index in [1.165, 1.54) is 12.8 Å². The van der Waals surface area contributed by atoms with Crippen LogP contribution in [-0.4, -0.2) is 34.1 Å². The van der Waals surface area contributed by atoms with Crippen molar-refractivity contribution in [3.05, 3.63) is 24.0 Å². The van der Waals surface area contributed by atoms with E-state index in [0.717, 1.165) is 42.2 Å². The Labute approximate surface area is 124 Å². The average Bonchev–Trinajstić information content (AvgIpc) is 3.09. The smallest absolute Gasteiger partial charge is 0.125 e. The molecule has 2 heterocycles. The molecule has 1 aliphatic heterocycles. The predicted molar refractivity (Wildman–Crippen MR) is 81.0 cm³/mol. The largest absolute Gasteiger partial charge is 0.494 e. The molecule has 0 atom stereocenters. The van der Waals surface area contributed by atoms with Crippen molar-refractivity contribution < 1.29 is 4.74 Å². The zero-order valence-electron chi connectivity index (χ0n) is 12.4. The number of nitriles is 1. The van der Waals surface area contributed by atoms with Gasteiger partial charge in [0, 0.05) is 6.07 Å². The fraction of sp³-hybridized carbons (Fsp3) is 0.500. The first-order valence-corrected chi connectivity index (χ1v) is 7.53. The Balaban J connectivity index is 1.96. The fourth-order valence-electron chi connectivity index (χ4n) is 2.92. The summed E-state index contributed by atoms with van der Waals surface area (Å²) >= 11 is 0. The second-order valence-electron chi connectivity index (χ2n) is 5.34. The fourth-order valence-corrected chi connectivity index (χ4v) is 2.92. The van der Waals surface area contributed by atoms with Crippen LogP contribution in [0.2, 0.25) is 0 Å². The lowest BCUT2D eigenvalue weighted by Crippen LogP contribution is -2.21. The van der Waals surface area contributed by atoms with Crippen LogP contribution in [0, 0.1) is 11.3 Å². The van der Waals surface area contributed by atoms with Crippen LogP contribution in [0.25, 0.3) is 11.0 Å². The molecule has 0 radical (unpaired) electrons. The van der Waals surface area contributed by atoms with Crippen molar-refractivity contribution in [2.45, 2.75) is 32.9 Å². The van der Waals surface area contributed by atoms with E-state index in [0.29, 0.717) is 13.2 Å². The summed E-state index contributed by atoms with van der Waals surface area (Å²) in [4.78, 5) is 7.13. The van der Waals surface area contributed by atoms with Crippen molar-refractivity contribution in [1.82, 2.24) is 14.5 Å². The second kappa shape index (κ2) is 6.15. The molecule has 21 heavy (non-hydrogen) atoms. The van der Waals surface area contributed by atoms with Crippen LogP contribution < -0.4 is 4.74 Å². The SMILES string of the molecule is CCOc1ccc2c(c1)nc(CN1CCCC1)n2CC#N. The first-order chi connectivity index (χ1) is 10.3. The van der Waals surface area contributed by atoms with E-state index in [1.54, 1.807) is 0 Å². The van der Waals surface area contributed by atoms with Gasteiger partial charge in [0.15, 0.2) is 0 Å². The van der Waals surface area contributed by atoms with Gasteiger partial charge >= 0.3 is 0 Å². The van der Waals surface area contributed by atoms with Gasteiger partial charge in [-0.25, -0.2) is 4.98 Å². The molecular weight excluding hydrogens is 264 g/mol. The standard InChI is InChI=1S/C16H20N4O/c1-2-21-13-5-6-15-14(11-13)18-16(20(15)10-7-17)12-19-8-3-4-9-19/h5-6,11H,2-4,8-10,12H2,1H3. The van der Waals surface area contributed by atoms with Gasteiger partial charge in [-0.15, -0.1) is 0 Å². The second-order valence-corrected chi connectivity index (χ2v) is 5.34. The highest BCUT2D eigenvalue weighted by Crippen LogP contribution is 2.23. The van der Waals surface area contributed by atoms with Gasteiger partial charge in [-0.05, 0) is 45.0 Å². The van der Waals surface area contributed by atoms with Gasteiger partial charge < -0.3 is 9.30 Å². The lowest BCUT2D eigenvalue weighted by atomic mass is 10.3. The zero-order chi connectivity index (χ0) is 14.7. The average molecular weight is 284 g/mol. The summed E-state index contributed by atoms with van der Waals surface area (Å²) in [5.41, 5.74) is 1.92. The van der Waals surface area contributed by atoms with E-state index in [2.05, 4.69) is 11.0 Å². The normalized spacial score (nSPS) is 15.4. The molecular formula is C16H20N4O. The van der Waals surface area contributed by atoms with Crippen molar-refractivity contribution in [3.63, 3.8) is 0 Å². The third-order valence-corrected chi connectivity index (χ3v) is 3.90. The van der Waals surface area contributed by atoms with Crippen LogP contribution in [-0.2, 0) is 13.1 Å². The van der Waals surface area contributed by atoms with Gasteiger partial charge in [0.25, 0.3) is 0 Å². The lowest BCUT2D eigenvalue weighted by molar-refractivity contribution is 0.318. The van der Waals surface area contributed by atoms with Gasteiger partial charge in [-0.3, -0.25) is 4.90 Å². The predicted octanol–water partition coefficient (Wildman–Crippen LogP) is 2.55. The lowest BCUT2D eigenvalue weighted by Gasteiger charge is -2.14. The van der Waals surface area contributed by atoms with E-state index >= 15 is 0 Å². The van der Waals surface area contributed by atoms with Crippen LogP contribution in [0.5, 0.6) is 5.75 Å². The number of benzene rings is 1. The number of rotatable bonds is 5. The third-order valence-electron chi connectivity index (χ3n) is 3.90. The molecule has 1 aromatic carbocycles. The Morgan fingerprint density at radius 2 is 2.14 bits per heavy atom. The van der Waals surface area contributed by atoms with E-state index < -0.39 is 0 Å². The highest BCUT2D eigenvalue weighted by atomic mass is 16.5. The van der Waals surface area contributed by atoms with Crippen LogP contribution >= 0.6 is 0 Å². The first-order valence-electron chi connectivity index (χ1n) is 7.53. The molecule has 0 bridgehead atoms. The summed E-state index contributed by atoms with van der Waals surface area (Å²) in [5.74, 6) is 1.81. The van der Waals surface area contributed by atoms with Crippen molar-refractivity contribution >= 4 is 11.0 Å². The van der Waals surface area contributed by atoms with Crippen molar-refractivity contribution in [2.75, 3.05) is 19.7 Å². The monoisotopic (exact) mass is 284 g/mol. The van der Waals surface area contributed by atoms with E-state index in [-0.39, 0.29) is 0 Å².